The number of likely N-dealkylation sites (tertiary alicyclic amines) is 1. The minimum absolute atomic E-state index is 0.514. The third-order valence-corrected chi connectivity index (χ3v) is 6.09. The molecular weight excluding hydrogens is 346 g/mol. The summed E-state index contributed by atoms with van der Waals surface area (Å²) in [5.74, 6) is 0.00374. The number of nitrogens with zero attached hydrogens (tertiary/aromatic N) is 1. The van der Waals surface area contributed by atoms with Crippen LogP contribution in [0.1, 0.15) is 33.7 Å². The van der Waals surface area contributed by atoms with Crippen molar-refractivity contribution in [2.24, 2.45) is 0 Å². The first kappa shape index (κ1) is 17.1. The van der Waals surface area contributed by atoms with Crippen LogP contribution in [0.3, 0.4) is 0 Å². The van der Waals surface area contributed by atoms with E-state index in [-0.39, 0.29) is 0 Å². The van der Waals surface area contributed by atoms with E-state index in [2.05, 4.69) is 30.1 Å². The average Bonchev–Trinajstić information content (AvgIpc) is 2.97. The largest absolute Gasteiger partial charge is 0.488 e. The molecule has 0 saturated carbocycles. The number of piperidine rings is 1. The Kier molecular flexibility index (Phi) is 4.66. The maximum atomic E-state index is 10.9. The van der Waals surface area contributed by atoms with E-state index in [0.717, 1.165) is 47.7 Å². The Hall–Kier alpha value is -2.37. The predicted octanol–water partition coefficient (Wildman–Crippen LogP) is 4.27. The Morgan fingerprint density at radius 2 is 2.04 bits per heavy atom. The maximum absolute atomic E-state index is 10.9. The summed E-state index contributed by atoms with van der Waals surface area (Å²) in [6, 6.07) is 10.3. The van der Waals surface area contributed by atoms with Crippen LogP contribution < -0.4 is 4.74 Å². The number of fused-ring (bicyclic) bond motifs is 2. The summed E-state index contributed by atoms with van der Waals surface area (Å²) in [5, 5.41) is 8.91. The van der Waals surface area contributed by atoms with Gasteiger partial charge in [0.2, 0.25) is 0 Å². The fraction of sp³-hybridized carbons (Fsp3) is 0.286. The van der Waals surface area contributed by atoms with Gasteiger partial charge in [0, 0.05) is 45.6 Å². The molecule has 1 fully saturated rings. The first-order chi connectivity index (χ1) is 12.6. The molecule has 26 heavy (non-hydrogen) atoms. The van der Waals surface area contributed by atoms with E-state index < -0.39 is 5.97 Å². The highest BCUT2D eigenvalue weighted by Crippen LogP contribution is 2.44. The molecule has 0 spiro atoms. The van der Waals surface area contributed by atoms with Crippen LogP contribution in [0.2, 0.25) is 0 Å². The second-order valence-electron chi connectivity index (χ2n) is 6.74. The Bertz CT molecular complexity index is 900. The van der Waals surface area contributed by atoms with Crippen molar-refractivity contribution in [2.75, 3.05) is 20.1 Å². The average molecular weight is 367 g/mol. The lowest BCUT2D eigenvalue weighted by molar-refractivity contribution is -0.131. The van der Waals surface area contributed by atoms with E-state index in [4.69, 9.17) is 9.84 Å². The fourth-order valence-electron chi connectivity index (χ4n) is 3.57. The molecule has 0 aliphatic carbocycles. The number of carboxylic acid groups (broad SMARTS) is 1. The van der Waals surface area contributed by atoms with E-state index in [1.165, 1.54) is 22.1 Å². The van der Waals surface area contributed by atoms with Gasteiger partial charge in [0.05, 0.1) is 0 Å². The summed E-state index contributed by atoms with van der Waals surface area (Å²) in [6.45, 7) is 2.64. The number of hydrogen-bond acceptors (Lipinski definition) is 4. The topological polar surface area (TPSA) is 49.8 Å². The molecule has 1 N–H and O–H groups in total. The Morgan fingerprint density at radius 3 is 2.81 bits per heavy atom. The van der Waals surface area contributed by atoms with Crippen molar-refractivity contribution in [3.05, 3.63) is 62.9 Å². The highest BCUT2D eigenvalue weighted by atomic mass is 32.1. The summed E-state index contributed by atoms with van der Waals surface area (Å²) >= 11 is 1.66. The van der Waals surface area contributed by atoms with Gasteiger partial charge in [-0.2, -0.15) is 0 Å². The zero-order chi connectivity index (χ0) is 18.1. The van der Waals surface area contributed by atoms with Crippen molar-refractivity contribution in [3.8, 4) is 5.75 Å². The lowest BCUT2D eigenvalue weighted by Crippen LogP contribution is -2.26. The van der Waals surface area contributed by atoms with Gasteiger partial charge in [-0.25, -0.2) is 4.79 Å². The van der Waals surface area contributed by atoms with Crippen LogP contribution in [0.15, 0.2) is 42.0 Å². The highest BCUT2D eigenvalue weighted by Gasteiger charge is 2.25. The van der Waals surface area contributed by atoms with Crippen LogP contribution in [0.5, 0.6) is 5.75 Å². The lowest BCUT2D eigenvalue weighted by Gasteiger charge is -2.26. The predicted molar refractivity (Wildman–Crippen MR) is 105 cm³/mol. The number of carbonyl (C=O) groups is 1. The number of aliphatic carboxylic acids is 1. The molecule has 3 heterocycles. The van der Waals surface area contributed by atoms with Gasteiger partial charge in [-0.15, -0.1) is 11.3 Å². The van der Waals surface area contributed by atoms with Crippen LogP contribution in [0.25, 0.3) is 11.6 Å². The van der Waals surface area contributed by atoms with Crippen LogP contribution in [0, 0.1) is 0 Å². The smallest absolute Gasteiger partial charge is 0.328 e. The third kappa shape index (κ3) is 3.32. The van der Waals surface area contributed by atoms with E-state index >= 15 is 0 Å². The normalized spacial score (nSPS) is 17.6. The second kappa shape index (κ2) is 7.09. The summed E-state index contributed by atoms with van der Waals surface area (Å²) in [5.41, 5.74) is 5.05. The molecule has 0 atom stereocenters. The third-order valence-electron chi connectivity index (χ3n) is 4.93. The van der Waals surface area contributed by atoms with Gasteiger partial charge in [-0.05, 0) is 38.1 Å². The van der Waals surface area contributed by atoms with Gasteiger partial charge in [-0.1, -0.05) is 23.8 Å². The molecular formula is C21H21NO3S. The quantitative estimate of drug-likeness (QED) is 0.806. The van der Waals surface area contributed by atoms with Crippen molar-refractivity contribution in [1.82, 2.24) is 4.90 Å². The number of hydrogen-bond donors (Lipinski definition) is 1. The molecule has 0 radical (unpaired) electrons. The first-order valence-electron chi connectivity index (χ1n) is 8.78. The Labute approximate surface area is 157 Å². The van der Waals surface area contributed by atoms with E-state index in [0.29, 0.717) is 6.61 Å². The number of rotatable bonds is 2. The van der Waals surface area contributed by atoms with E-state index in [1.807, 2.05) is 12.1 Å². The number of ether oxygens (including phenoxy) is 1. The molecule has 0 amide bonds. The zero-order valence-electron chi connectivity index (χ0n) is 14.7. The lowest BCUT2D eigenvalue weighted by atomic mass is 9.91. The van der Waals surface area contributed by atoms with Crippen molar-refractivity contribution in [2.45, 2.75) is 19.4 Å². The summed E-state index contributed by atoms with van der Waals surface area (Å²) in [4.78, 5) is 15.4. The molecule has 4 nitrogen and oxygen atoms in total. The molecule has 4 rings (SSSR count). The number of benzene rings is 1. The Morgan fingerprint density at radius 1 is 1.27 bits per heavy atom. The van der Waals surface area contributed by atoms with Crippen molar-refractivity contribution < 1.29 is 14.6 Å². The van der Waals surface area contributed by atoms with Crippen LogP contribution in [0.4, 0.5) is 0 Å². The molecule has 2 aliphatic heterocycles. The fourth-order valence-corrected chi connectivity index (χ4v) is 4.75. The molecule has 0 bridgehead atoms. The van der Waals surface area contributed by atoms with Gasteiger partial charge >= 0.3 is 5.97 Å². The summed E-state index contributed by atoms with van der Waals surface area (Å²) < 4.78 is 6.08. The SMILES string of the molecule is CN1CCC(=C2c3ccccc3OCc3cc(/C=C/C(=O)O)sc32)CC1. The van der Waals surface area contributed by atoms with Gasteiger partial charge in [-0.3, -0.25) is 0 Å². The second-order valence-corrected chi connectivity index (χ2v) is 7.83. The van der Waals surface area contributed by atoms with Gasteiger partial charge in [0.1, 0.15) is 12.4 Å². The molecule has 134 valence electrons. The molecule has 0 unspecified atom stereocenters. The highest BCUT2D eigenvalue weighted by molar-refractivity contribution is 7.14. The van der Waals surface area contributed by atoms with Gasteiger partial charge in [0.25, 0.3) is 0 Å². The minimum Gasteiger partial charge on any atom is -0.488 e. The van der Waals surface area contributed by atoms with Crippen LogP contribution in [-0.4, -0.2) is 36.1 Å². The molecule has 1 saturated heterocycles. The Balaban J connectivity index is 1.86. The van der Waals surface area contributed by atoms with Gasteiger partial charge in [0.15, 0.2) is 0 Å². The molecule has 5 heteroatoms. The van der Waals surface area contributed by atoms with E-state index in [9.17, 15) is 4.79 Å². The summed E-state index contributed by atoms with van der Waals surface area (Å²) in [7, 11) is 2.16. The monoisotopic (exact) mass is 367 g/mol. The molecule has 1 aromatic carbocycles. The number of para-hydroxylation sites is 1. The van der Waals surface area contributed by atoms with E-state index in [1.54, 1.807) is 17.4 Å². The van der Waals surface area contributed by atoms with Crippen molar-refractivity contribution >= 4 is 29.0 Å². The van der Waals surface area contributed by atoms with Crippen LogP contribution in [-0.2, 0) is 11.4 Å². The van der Waals surface area contributed by atoms with Crippen molar-refractivity contribution in [3.63, 3.8) is 0 Å². The standard InChI is InChI=1S/C21H21NO3S/c1-22-10-8-14(9-11-22)20-17-4-2-3-5-18(17)25-13-15-12-16(26-21(15)20)6-7-19(23)24/h2-7,12H,8-11,13H2,1H3,(H,23,24)/b7-6+. The summed E-state index contributed by atoms with van der Waals surface area (Å²) in [6.07, 6.45) is 4.97. The number of thiophene rings is 1. The molecule has 1 aromatic heterocycles. The van der Waals surface area contributed by atoms with Gasteiger partial charge < -0.3 is 14.7 Å². The maximum Gasteiger partial charge on any atom is 0.328 e. The first-order valence-corrected chi connectivity index (χ1v) is 9.60. The minimum atomic E-state index is -0.927. The number of carboxylic acids is 1. The van der Waals surface area contributed by atoms with Crippen molar-refractivity contribution in [1.29, 1.82) is 0 Å². The molecule has 2 aromatic rings. The molecule has 2 aliphatic rings. The zero-order valence-corrected chi connectivity index (χ0v) is 15.5. The van der Waals surface area contributed by atoms with Crippen LogP contribution >= 0.6 is 11.3 Å².